The molecule has 3 heterocycles. The highest BCUT2D eigenvalue weighted by molar-refractivity contribution is 5.97. The highest BCUT2D eigenvalue weighted by atomic mass is 16.3. The number of amides is 1. The van der Waals surface area contributed by atoms with Gasteiger partial charge in [-0.3, -0.25) is 4.79 Å². The number of rotatable bonds is 5. The Bertz CT molecular complexity index is 1130. The number of nitrogens with one attached hydrogen (secondary N) is 1. The quantitative estimate of drug-likeness (QED) is 0.604. The molecule has 4 rings (SSSR count). The summed E-state index contributed by atoms with van der Waals surface area (Å²) in [7, 11) is 0. The Balaban J connectivity index is 1.69. The topological polar surface area (TPSA) is 77.2 Å². The third kappa shape index (κ3) is 3.41. The normalized spacial score (nSPS) is 14.2. The number of aromatic nitrogens is 1. The van der Waals surface area contributed by atoms with Crippen LogP contribution >= 0.6 is 0 Å². The van der Waals surface area contributed by atoms with Crippen molar-refractivity contribution in [3.05, 3.63) is 64.0 Å². The number of aliphatic hydroxyl groups is 1. The molecule has 6 heteroatoms. The van der Waals surface area contributed by atoms with Gasteiger partial charge in [0, 0.05) is 44.0 Å². The number of likely N-dealkylation sites (tertiary alicyclic amines) is 1. The summed E-state index contributed by atoms with van der Waals surface area (Å²) in [4.78, 5) is 14.8. The summed E-state index contributed by atoms with van der Waals surface area (Å²) in [6.07, 6.45) is 1.91. The van der Waals surface area contributed by atoms with E-state index in [2.05, 4.69) is 29.6 Å². The highest BCUT2D eigenvalue weighted by Crippen LogP contribution is 2.29. The number of aliphatic hydroxyl groups excluding tert-OH is 1. The van der Waals surface area contributed by atoms with Gasteiger partial charge in [-0.1, -0.05) is 6.07 Å². The number of phenolic OH excluding ortho intramolecular Hbond substituents is 1. The Hall–Kier alpha value is -2.99. The van der Waals surface area contributed by atoms with Crippen LogP contribution in [-0.2, 0) is 6.54 Å². The molecule has 158 valence electrons. The van der Waals surface area contributed by atoms with E-state index in [4.69, 9.17) is 0 Å². The highest BCUT2D eigenvalue weighted by Gasteiger charge is 2.31. The molecule has 3 aromatic rings. The van der Waals surface area contributed by atoms with E-state index in [1.54, 1.807) is 11.0 Å². The third-order valence-corrected chi connectivity index (χ3v) is 6.40. The van der Waals surface area contributed by atoms with Gasteiger partial charge >= 0.3 is 0 Å². The molecule has 3 N–H and O–H groups in total. The summed E-state index contributed by atoms with van der Waals surface area (Å²) >= 11 is 0. The standard InChI is InChI=1S/C24H29N3O3/c1-14-5-6-23(29)16(3)20(14)9-25-21-8-19(24(30)26-10-18(11-26)13-28)12-27-17(4)15(2)7-22(21)27/h5-8,12,18,25,28-29H,9-11,13H2,1-4H3. The fourth-order valence-corrected chi connectivity index (χ4v) is 4.16. The van der Waals surface area contributed by atoms with Gasteiger partial charge in [0.1, 0.15) is 5.75 Å². The molecule has 1 aromatic carbocycles. The summed E-state index contributed by atoms with van der Waals surface area (Å²) < 4.78 is 2.07. The fraction of sp³-hybridized carbons (Fsp3) is 0.375. The van der Waals surface area contributed by atoms with Crippen LogP contribution < -0.4 is 5.32 Å². The van der Waals surface area contributed by atoms with Crippen LogP contribution in [0, 0.1) is 33.6 Å². The predicted molar refractivity (Wildman–Crippen MR) is 118 cm³/mol. The van der Waals surface area contributed by atoms with Gasteiger partial charge in [-0.25, -0.2) is 0 Å². The lowest BCUT2D eigenvalue weighted by Gasteiger charge is -2.38. The van der Waals surface area contributed by atoms with Crippen LogP contribution in [0.15, 0.2) is 30.5 Å². The first-order valence-electron chi connectivity index (χ1n) is 10.3. The first-order chi connectivity index (χ1) is 14.3. The van der Waals surface area contributed by atoms with Crippen molar-refractivity contribution in [2.45, 2.75) is 34.2 Å². The molecule has 0 aliphatic carbocycles. The van der Waals surface area contributed by atoms with Crippen molar-refractivity contribution < 1.29 is 15.0 Å². The summed E-state index contributed by atoms with van der Waals surface area (Å²) in [5, 5.41) is 22.8. The zero-order valence-corrected chi connectivity index (χ0v) is 18.0. The minimum atomic E-state index is -0.0138. The van der Waals surface area contributed by atoms with E-state index in [1.165, 1.54) is 0 Å². The van der Waals surface area contributed by atoms with Crippen LogP contribution in [0.4, 0.5) is 5.69 Å². The molecular formula is C24H29N3O3. The molecule has 0 bridgehead atoms. The van der Waals surface area contributed by atoms with Crippen molar-refractivity contribution in [1.29, 1.82) is 0 Å². The van der Waals surface area contributed by atoms with Crippen molar-refractivity contribution in [3.63, 3.8) is 0 Å². The molecule has 1 saturated heterocycles. The minimum absolute atomic E-state index is 0.0138. The molecule has 30 heavy (non-hydrogen) atoms. The van der Waals surface area contributed by atoms with Gasteiger partial charge in [-0.15, -0.1) is 0 Å². The molecule has 0 atom stereocenters. The van der Waals surface area contributed by atoms with E-state index in [9.17, 15) is 15.0 Å². The molecule has 1 amide bonds. The number of benzene rings is 1. The van der Waals surface area contributed by atoms with Crippen LogP contribution in [0.25, 0.3) is 5.52 Å². The number of pyridine rings is 1. The maximum absolute atomic E-state index is 13.0. The molecule has 6 nitrogen and oxygen atoms in total. The van der Waals surface area contributed by atoms with Crippen LogP contribution in [-0.4, -0.2) is 45.1 Å². The Morgan fingerprint density at radius 3 is 2.57 bits per heavy atom. The zero-order chi connectivity index (χ0) is 21.6. The van der Waals surface area contributed by atoms with Crippen molar-refractivity contribution in [1.82, 2.24) is 9.30 Å². The number of carbonyl (C=O) groups is 1. The van der Waals surface area contributed by atoms with Gasteiger partial charge in [0.05, 0.1) is 16.8 Å². The Labute approximate surface area is 176 Å². The van der Waals surface area contributed by atoms with Crippen molar-refractivity contribution in [2.75, 3.05) is 25.0 Å². The largest absolute Gasteiger partial charge is 0.508 e. The Morgan fingerprint density at radius 2 is 1.87 bits per heavy atom. The van der Waals surface area contributed by atoms with Gasteiger partial charge in [-0.2, -0.15) is 0 Å². The monoisotopic (exact) mass is 407 g/mol. The van der Waals surface area contributed by atoms with E-state index in [0.717, 1.165) is 39.2 Å². The van der Waals surface area contributed by atoms with Crippen LogP contribution in [0.3, 0.4) is 0 Å². The number of fused-ring (bicyclic) bond motifs is 1. The lowest BCUT2D eigenvalue weighted by molar-refractivity contribution is 0.0361. The maximum Gasteiger partial charge on any atom is 0.255 e. The minimum Gasteiger partial charge on any atom is -0.508 e. The summed E-state index contributed by atoms with van der Waals surface area (Å²) in [5.41, 5.74) is 7.83. The van der Waals surface area contributed by atoms with Crippen LogP contribution in [0.5, 0.6) is 5.75 Å². The van der Waals surface area contributed by atoms with Gasteiger partial charge in [0.15, 0.2) is 0 Å². The molecule has 1 fully saturated rings. The Morgan fingerprint density at radius 1 is 1.13 bits per heavy atom. The second kappa shape index (κ2) is 7.69. The number of anilines is 1. The number of carbonyl (C=O) groups excluding carboxylic acids is 1. The summed E-state index contributed by atoms with van der Waals surface area (Å²) in [5.74, 6) is 0.458. The molecule has 1 aliphatic rings. The van der Waals surface area contributed by atoms with Crippen molar-refractivity contribution >= 4 is 17.1 Å². The van der Waals surface area contributed by atoms with Gasteiger partial charge in [0.25, 0.3) is 5.91 Å². The van der Waals surface area contributed by atoms with Crippen LogP contribution in [0.1, 0.15) is 38.3 Å². The van der Waals surface area contributed by atoms with E-state index in [-0.39, 0.29) is 24.2 Å². The first kappa shape index (κ1) is 20.3. The average molecular weight is 408 g/mol. The van der Waals surface area contributed by atoms with E-state index < -0.39 is 0 Å². The molecule has 0 radical (unpaired) electrons. The number of phenols is 1. The second-order valence-corrected chi connectivity index (χ2v) is 8.43. The number of hydrogen-bond acceptors (Lipinski definition) is 4. The first-order valence-corrected chi connectivity index (χ1v) is 10.3. The molecule has 0 spiro atoms. The predicted octanol–water partition coefficient (Wildman–Crippen LogP) is 3.55. The Kier molecular flexibility index (Phi) is 5.20. The fourth-order valence-electron chi connectivity index (χ4n) is 4.16. The lowest BCUT2D eigenvalue weighted by Crippen LogP contribution is -2.51. The molecular weight excluding hydrogens is 378 g/mol. The molecule has 1 aliphatic heterocycles. The summed E-state index contributed by atoms with van der Waals surface area (Å²) in [6.45, 7) is 9.94. The lowest BCUT2D eigenvalue weighted by atomic mass is 10.00. The zero-order valence-electron chi connectivity index (χ0n) is 18.0. The SMILES string of the molecule is Cc1ccc(O)c(C)c1CNc1cc(C(=O)N2CC(CO)C2)cn2c(C)c(C)cc12. The number of nitrogens with zero attached hydrogens (tertiary/aromatic N) is 2. The number of hydrogen-bond donors (Lipinski definition) is 3. The van der Waals surface area contributed by atoms with Gasteiger partial charge in [0.2, 0.25) is 0 Å². The second-order valence-electron chi connectivity index (χ2n) is 8.43. The molecule has 2 aromatic heterocycles. The van der Waals surface area contributed by atoms with Crippen molar-refractivity contribution in [3.8, 4) is 5.75 Å². The van der Waals surface area contributed by atoms with E-state index in [0.29, 0.717) is 25.2 Å². The molecule has 0 saturated carbocycles. The van der Waals surface area contributed by atoms with Crippen molar-refractivity contribution in [2.24, 2.45) is 5.92 Å². The maximum atomic E-state index is 13.0. The smallest absolute Gasteiger partial charge is 0.255 e. The molecule has 0 unspecified atom stereocenters. The number of aryl methyl sites for hydroxylation is 3. The number of aromatic hydroxyl groups is 1. The average Bonchev–Trinajstić information content (AvgIpc) is 2.98. The van der Waals surface area contributed by atoms with Crippen LogP contribution in [0.2, 0.25) is 0 Å². The third-order valence-electron chi connectivity index (χ3n) is 6.40. The summed E-state index contributed by atoms with van der Waals surface area (Å²) in [6, 6.07) is 7.68. The van der Waals surface area contributed by atoms with Gasteiger partial charge < -0.3 is 24.8 Å². The van der Waals surface area contributed by atoms with E-state index in [1.807, 2.05) is 32.2 Å². The van der Waals surface area contributed by atoms with E-state index >= 15 is 0 Å². The van der Waals surface area contributed by atoms with Gasteiger partial charge in [-0.05, 0) is 68.1 Å².